The van der Waals surface area contributed by atoms with Gasteiger partial charge in [0.15, 0.2) is 8.32 Å². The van der Waals surface area contributed by atoms with E-state index >= 15 is 0 Å². The highest BCUT2D eigenvalue weighted by Crippen LogP contribution is 2.45. The quantitative estimate of drug-likeness (QED) is 0.0928. The molecule has 6 heteroatoms. The summed E-state index contributed by atoms with van der Waals surface area (Å²) in [5.41, 5.74) is 3.05. The van der Waals surface area contributed by atoms with Gasteiger partial charge < -0.3 is 18.6 Å². The summed E-state index contributed by atoms with van der Waals surface area (Å²) in [5, 5.41) is 1.63. The molecule has 4 rings (SSSR count). The van der Waals surface area contributed by atoms with Crippen molar-refractivity contribution in [1.29, 1.82) is 0 Å². The molecule has 264 valence electrons. The van der Waals surface area contributed by atoms with Crippen molar-refractivity contribution in [2.75, 3.05) is 13.2 Å². The summed E-state index contributed by atoms with van der Waals surface area (Å²) in [5.74, 6) is 0.977. The molecule has 3 aromatic rings. The predicted molar refractivity (Wildman–Crippen MR) is 208 cm³/mol. The highest BCUT2D eigenvalue weighted by Gasteiger charge is 2.51. The summed E-state index contributed by atoms with van der Waals surface area (Å²) in [6.45, 7) is 21.1. The average Bonchev–Trinajstić information content (AvgIpc) is 3.51. The number of rotatable bonds is 19. The summed E-state index contributed by atoms with van der Waals surface area (Å²) < 4.78 is 26.9. The molecule has 3 aromatic carbocycles. The summed E-state index contributed by atoms with van der Waals surface area (Å²) in [7, 11) is -3.96. The van der Waals surface area contributed by atoms with E-state index in [9.17, 15) is 0 Å². The Morgan fingerprint density at radius 2 is 1.46 bits per heavy atom. The SMILES string of the molecule is CCCCc1ccc(OCCCCC[C@@H](O[Si](C)(C)C(C)(C)C)[C@@H]2O[C@H](COCc3ccccc3)C[C@H]2[Si](C)(C)c2ccccc2)cc1. The van der Waals surface area contributed by atoms with E-state index in [1.54, 1.807) is 0 Å². The lowest BCUT2D eigenvalue weighted by molar-refractivity contribution is -0.0614. The lowest BCUT2D eigenvalue weighted by Crippen LogP contribution is -2.53. The molecule has 0 unspecified atom stereocenters. The van der Waals surface area contributed by atoms with E-state index in [0.29, 0.717) is 18.8 Å². The van der Waals surface area contributed by atoms with Crippen LogP contribution in [0.25, 0.3) is 0 Å². The van der Waals surface area contributed by atoms with Gasteiger partial charge in [0, 0.05) is 0 Å². The van der Waals surface area contributed by atoms with E-state index in [2.05, 4.69) is 139 Å². The van der Waals surface area contributed by atoms with Crippen molar-refractivity contribution in [3.8, 4) is 5.75 Å². The lowest BCUT2D eigenvalue weighted by atomic mass is 10.0. The Labute approximate surface area is 295 Å². The summed E-state index contributed by atoms with van der Waals surface area (Å²) in [6, 6.07) is 30.3. The third kappa shape index (κ3) is 11.1. The second kappa shape index (κ2) is 18.1. The number of unbranched alkanes of at least 4 members (excludes halogenated alkanes) is 3. The molecule has 1 fully saturated rings. The number of benzene rings is 3. The molecule has 0 aliphatic carbocycles. The van der Waals surface area contributed by atoms with Gasteiger partial charge in [-0.25, -0.2) is 0 Å². The number of aryl methyl sites for hydroxylation is 1. The highest BCUT2D eigenvalue weighted by atomic mass is 28.4. The highest BCUT2D eigenvalue weighted by molar-refractivity contribution is 6.91. The van der Waals surface area contributed by atoms with Gasteiger partial charge in [0.25, 0.3) is 0 Å². The van der Waals surface area contributed by atoms with Crippen LogP contribution in [0, 0.1) is 0 Å². The largest absolute Gasteiger partial charge is 0.494 e. The molecule has 0 aromatic heterocycles. The van der Waals surface area contributed by atoms with Crippen LogP contribution in [0.1, 0.15) is 83.8 Å². The molecular formula is C42H64O4Si2. The first-order chi connectivity index (χ1) is 22.9. The molecule has 48 heavy (non-hydrogen) atoms. The maximum atomic E-state index is 7.35. The van der Waals surface area contributed by atoms with E-state index in [1.807, 2.05) is 0 Å². The Hall–Kier alpha value is -2.23. The van der Waals surface area contributed by atoms with Crippen molar-refractivity contribution < 1.29 is 18.6 Å². The Kier molecular flexibility index (Phi) is 14.6. The van der Waals surface area contributed by atoms with E-state index in [1.165, 1.54) is 29.2 Å². The summed E-state index contributed by atoms with van der Waals surface area (Å²) in [4.78, 5) is 0. The zero-order chi connectivity index (χ0) is 34.6. The molecule has 1 aliphatic heterocycles. The fourth-order valence-electron chi connectivity index (χ4n) is 6.71. The van der Waals surface area contributed by atoms with Crippen molar-refractivity contribution in [1.82, 2.24) is 0 Å². The third-order valence-electron chi connectivity index (χ3n) is 10.9. The molecule has 0 saturated carbocycles. The molecule has 4 atom stereocenters. The van der Waals surface area contributed by atoms with Crippen LogP contribution in [-0.2, 0) is 26.9 Å². The molecule has 0 amide bonds. The second-order valence-corrected chi connectivity index (χ2v) is 25.5. The Morgan fingerprint density at radius 3 is 2.10 bits per heavy atom. The van der Waals surface area contributed by atoms with E-state index in [-0.39, 0.29) is 23.4 Å². The van der Waals surface area contributed by atoms with Crippen molar-refractivity contribution >= 4 is 21.6 Å². The van der Waals surface area contributed by atoms with E-state index < -0.39 is 16.4 Å². The van der Waals surface area contributed by atoms with Crippen LogP contribution in [-0.4, -0.2) is 47.9 Å². The standard InChI is InChI=1S/C42H64O4Si2/c1-9-10-20-34-26-28-36(29-27-34)44-30-19-13-18-25-39(46-48(7,8)42(2,3)4)41-40(47(5,6)38-23-16-12-17-24-38)31-37(45-41)33-43-32-35-21-14-11-15-22-35/h11-12,14-17,21-24,26-29,37,39-41H,9-10,13,18-20,25,30-33H2,1-8H3/t37-,39+,40+,41-/m0/s1. The van der Waals surface area contributed by atoms with Gasteiger partial charge in [0.05, 0.1) is 46.2 Å². The first-order valence-corrected chi connectivity index (χ1v) is 24.6. The van der Waals surface area contributed by atoms with E-state index in [0.717, 1.165) is 50.9 Å². The first kappa shape index (κ1) is 38.6. The number of hydrogen-bond acceptors (Lipinski definition) is 4. The number of hydrogen-bond donors (Lipinski definition) is 0. The minimum absolute atomic E-state index is 0.0637. The maximum Gasteiger partial charge on any atom is 0.192 e. The molecule has 0 radical (unpaired) electrons. The molecule has 1 heterocycles. The van der Waals surface area contributed by atoms with Crippen LogP contribution in [0.4, 0.5) is 0 Å². The topological polar surface area (TPSA) is 36.9 Å². The van der Waals surface area contributed by atoms with Gasteiger partial charge in [-0.3, -0.25) is 0 Å². The minimum atomic E-state index is -2.05. The van der Waals surface area contributed by atoms with Gasteiger partial charge in [0.2, 0.25) is 0 Å². The molecule has 1 aliphatic rings. The Balaban J connectivity index is 1.44. The third-order valence-corrected chi connectivity index (χ3v) is 19.6. The Morgan fingerprint density at radius 1 is 0.792 bits per heavy atom. The fourth-order valence-corrected chi connectivity index (χ4v) is 11.5. The fraction of sp³-hybridized carbons (Fsp3) is 0.571. The zero-order valence-corrected chi connectivity index (χ0v) is 33.3. The van der Waals surface area contributed by atoms with Gasteiger partial charge in [-0.1, -0.05) is 132 Å². The smallest absolute Gasteiger partial charge is 0.192 e. The molecule has 0 spiro atoms. The Bertz CT molecular complexity index is 1320. The predicted octanol–water partition coefficient (Wildman–Crippen LogP) is 10.7. The summed E-state index contributed by atoms with van der Waals surface area (Å²) >= 11 is 0. The van der Waals surface area contributed by atoms with Crippen molar-refractivity contribution in [2.24, 2.45) is 0 Å². The molecule has 1 saturated heterocycles. The van der Waals surface area contributed by atoms with Crippen molar-refractivity contribution in [3.05, 3.63) is 96.1 Å². The van der Waals surface area contributed by atoms with Gasteiger partial charge in [0.1, 0.15) is 5.75 Å². The average molecular weight is 689 g/mol. The monoisotopic (exact) mass is 688 g/mol. The normalized spacial score (nSPS) is 19.4. The molecule has 4 nitrogen and oxygen atoms in total. The van der Waals surface area contributed by atoms with Gasteiger partial charge in [-0.2, -0.15) is 0 Å². The van der Waals surface area contributed by atoms with Gasteiger partial charge in [-0.15, -0.1) is 0 Å². The van der Waals surface area contributed by atoms with Crippen LogP contribution in [0.5, 0.6) is 5.75 Å². The second-order valence-electron chi connectivity index (χ2n) is 16.0. The zero-order valence-electron chi connectivity index (χ0n) is 31.3. The van der Waals surface area contributed by atoms with Crippen molar-refractivity contribution in [3.63, 3.8) is 0 Å². The van der Waals surface area contributed by atoms with E-state index in [4.69, 9.17) is 18.6 Å². The van der Waals surface area contributed by atoms with Gasteiger partial charge >= 0.3 is 0 Å². The molecule has 0 bridgehead atoms. The first-order valence-electron chi connectivity index (χ1n) is 18.6. The van der Waals surface area contributed by atoms with Gasteiger partial charge in [-0.05, 0) is 85.5 Å². The van der Waals surface area contributed by atoms with Crippen molar-refractivity contribution in [2.45, 2.75) is 141 Å². The maximum absolute atomic E-state index is 7.35. The summed E-state index contributed by atoms with van der Waals surface area (Å²) in [6.07, 6.45) is 9.12. The lowest BCUT2D eigenvalue weighted by Gasteiger charge is -2.43. The van der Waals surface area contributed by atoms with Crippen LogP contribution >= 0.6 is 0 Å². The van der Waals surface area contributed by atoms with Crippen LogP contribution in [0.2, 0.25) is 36.8 Å². The minimum Gasteiger partial charge on any atom is -0.494 e. The number of ether oxygens (including phenoxy) is 3. The molecular weight excluding hydrogens is 625 g/mol. The van der Waals surface area contributed by atoms with Crippen LogP contribution < -0.4 is 9.92 Å². The molecule has 0 N–H and O–H groups in total. The van der Waals surface area contributed by atoms with Crippen LogP contribution in [0.15, 0.2) is 84.9 Å². The van der Waals surface area contributed by atoms with Crippen LogP contribution in [0.3, 0.4) is 0 Å².